The summed E-state index contributed by atoms with van der Waals surface area (Å²) in [6, 6.07) is 4.62. The summed E-state index contributed by atoms with van der Waals surface area (Å²) in [7, 11) is 0. The Labute approximate surface area is 103 Å². The first-order valence-electron chi connectivity index (χ1n) is 6.28. The van der Waals surface area contributed by atoms with E-state index in [9.17, 15) is 4.39 Å². The lowest BCUT2D eigenvalue weighted by molar-refractivity contribution is 0.325. The van der Waals surface area contributed by atoms with E-state index in [2.05, 4.69) is 18.7 Å². The van der Waals surface area contributed by atoms with Gasteiger partial charge in [0.15, 0.2) is 0 Å². The molecule has 3 heteroatoms. The molecule has 1 aromatic carbocycles. The minimum atomic E-state index is -0.210. The first-order valence-corrected chi connectivity index (χ1v) is 6.28. The molecule has 0 spiro atoms. The van der Waals surface area contributed by atoms with Crippen LogP contribution in [0.3, 0.4) is 0 Å². The predicted molar refractivity (Wildman–Crippen MR) is 70.7 cm³/mol. The van der Waals surface area contributed by atoms with Crippen LogP contribution in [0, 0.1) is 11.2 Å². The number of benzene rings is 1. The van der Waals surface area contributed by atoms with E-state index in [-0.39, 0.29) is 5.82 Å². The second-order valence-corrected chi connectivity index (χ2v) is 5.71. The van der Waals surface area contributed by atoms with Crippen LogP contribution < -0.4 is 10.6 Å². The molecule has 0 aliphatic carbocycles. The van der Waals surface area contributed by atoms with Crippen molar-refractivity contribution in [1.29, 1.82) is 0 Å². The molecule has 2 nitrogen and oxygen atoms in total. The summed E-state index contributed by atoms with van der Waals surface area (Å²) < 4.78 is 13.3. The van der Waals surface area contributed by atoms with Crippen molar-refractivity contribution in [2.45, 2.75) is 33.1 Å². The minimum Gasteiger partial charge on any atom is -0.397 e. The molecule has 0 atom stereocenters. The molecule has 94 valence electrons. The normalized spacial score (nSPS) is 20.1. The average Bonchev–Trinajstić information content (AvgIpc) is 2.43. The third-order valence-corrected chi connectivity index (χ3v) is 3.67. The van der Waals surface area contributed by atoms with E-state index in [1.54, 1.807) is 12.1 Å². The highest BCUT2D eigenvalue weighted by atomic mass is 19.1. The Hall–Kier alpha value is -1.25. The Balaban J connectivity index is 2.19. The summed E-state index contributed by atoms with van der Waals surface area (Å²) >= 11 is 0. The zero-order valence-corrected chi connectivity index (χ0v) is 10.7. The monoisotopic (exact) mass is 236 g/mol. The predicted octanol–water partition coefficient (Wildman–Crippen LogP) is 3.42. The van der Waals surface area contributed by atoms with Gasteiger partial charge in [-0.1, -0.05) is 13.8 Å². The van der Waals surface area contributed by atoms with E-state index >= 15 is 0 Å². The van der Waals surface area contributed by atoms with Crippen LogP contribution in [0.15, 0.2) is 18.2 Å². The molecule has 2 N–H and O–H groups in total. The fourth-order valence-corrected chi connectivity index (χ4v) is 2.45. The summed E-state index contributed by atoms with van der Waals surface area (Å²) in [6.45, 7) is 6.52. The van der Waals surface area contributed by atoms with Crippen LogP contribution >= 0.6 is 0 Å². The molecule has 0 bridgehead atoms. The van der Waals surface area contributed by atoms with Gasteiger partial charge in [-0.25, -0.2) is 4.39 Å². The van der Waals surface area contributed by atoms with Crippen LogP contribution in [-0.4, -0.2) is 13.1 Å². The lowest BCUT2D eigenvalue weighted by atomic mass is 9.85. The Morgan fingerprint density at radius 2 is 2.00 bits per heavy atom. The number of rotatable bonds is 1. The molecular formula is C14H21FN2. The number of halogens is 1. The number of anilines is 2. The van der Waals surface area contributed by atoms with Crippen molar-refractivity contribution in [3.63, 3.8) is 0 Å². The number of nitrogen functional groups attached to an aromatic ring is 1. The first-order chi connectivity index (χ1) is 7.98. The molecule has 1 fully saturated rings. The minimum absolute atomic E-state index is 0.210. The standard InChI is InChI=1S/C14H21FN2/c1-14(2)6-3-8-17(9-7-14)13-10-11(15)4-5-12(13)16/h4-5,10H,3,6-9,16H2,1-2H3. The van der Waals surface area contributed by atoms with Crippen LogP contribution in [0.25, 0.3) is 0 Å². The van der Waals surface area contributed by atoms with Crippen LogP contribution in [0.4, 0.5) is 15.8 Å². The van der Waals surface area contributed by atoms with Crippen LogP contribution in [-0.2, 0) is 0 Å². The summed E-state index contributed by atoms with van der Waals surface area (Å²) in [6.07, 6.45) is 3.49. The number of hydrogen-bond donors (Lipinski definition) is 1. The van der Waals surface area contributed by atoms with E-state index < -0.39 is 0 Å². The van der Waals surface area contributed by atoms with Crippen LogP contribution in [0.1, 0.15) is 33.1 Å². The Kier molecular flexibility index (Phi) is 3.27. The molecule has 1 aliphatic heterocycles. The van der Waals surface area contributed by atoms with Crippen molar-refractivity contribution < 1.29 is 4.39 Å². The quantitative estimate of drug-likeness (QED) is 0.757. The lowest BCUT2D eigenvalue weighted by Crippen LogP contribution is -2.26. The smallest absolute Gasteiger partial charge is 0.125 e. The molecule has 1 heterocycles. The molecule has 0 saturated carbocycles. The Bertz CT molecular complexity index is 401. The van der Waals surface area contributed by atoms with Gasteiger partial charge in [0.05, 0.1) is 11.4 Å². The maximum atomic E-state index is 13.3. The molecule has 1 aromatic rings. The highest BCUT2D eigenvalue weighted by Gasteiger charge is 2.23. The summed E-state index contributed by atoms with van der Waals surface area (Å²) in [5, 5.41) is 0. The van der Waals surface area contributed by atoms with Gasteiger partial charge < -0.3 is 10.6 Å². The summed E-state index contributed by atoms with van der Waals surface area (Å²) in [4.78, 5) is 2.22. The van der Waals surface area contributed by atoms with Gasteiger partial charge in [-0.2, -0.15) is 0 Å². The van der Waals surface area contributed by atoms with Crippen molar-refractivity contribution in [3.05, 3.63) is 24.0 Å². The molecule has 17 heavy (non-hydrogen) atoms. The third-order valence-electron chi connectivity index (χ3n) is 3.67. The Morgan fingerprint density at radius 1 is 1.24 bits per heavy atom. The van der Waals surface area contributed by atoms with Crippen molar-refractivity contribution >= 4 is 11.4 Å². The Morgan fingerprint density at radius 3 is 2.76 bits per heavy atom. The zero-order valence-electron chi connectivity index (χ0n) is 10.7. The first kappa shape index (κ1) is 12.2. The molecule has 2 rings (SSSR count). The van der Waals surface area contributed by atoms with Gasteiger partial charge in [0.1, 0.15) is 5.82 Å². The largest absolute Gasteiger partial charge is 0.397 e. The maximum Gasteiger partial charge on any atom is 0.125 e. The summed E-state index contributed by atoms with van der Waals surface area (Å²) in [5.74, 6) is -0.210. The SMILES string of the molecule is CC1(C)CCCN(c2cc(F)ccc2N)CC1. The van der Waals surface area contributed by atoms with Crippen molar-refractivity contribution in [2.24, 2.45) is 5.41 Å². The van der Waals surface area contributed by atoms with Gasteiger partial charge in [0.2, 0.25) is 0 Å². The van der Waals surface area contributed by atoms with Gasteiger partial charge in [0, 0.05) is 13.1 Å². The van der Waals surface area contributed by atoms with E-state index in [1.165, 1.54) is 12.5 Å². The second-order valence-electron chi connectivity index (χ2n) is 5.71. The van der Waals surface area contributed by atoms with Crippen molar-refractivity contribution in [2.75, 3.05) is 23.7 Å². The van der Waals surface area contributed by atoms with Gasteiger partial charge in [-0.15, -0.1) is 0 Å². The highest BCUT2D eigenvalue weighted by Crippen LogP contribution is 2.33. The van der Waals surface area contributed by atoms with Gasteiger partial charge in [-0.3, -0.25) is 0 Å². The highest BCUT2D eigenvalue weighted by molar-refractivity contribution is 5.67. The topological polar surface area (TPSA) is 29.3 Å². The second kappa shape index (κ2) is 4.55. The molecule has 0 radical (unpaired) electrons. The summed E-state index contributed by atoms with van der Waals surface area (Å²) in [5.41, 5.74) is 7.84. The molecule has 0 amide bonds. The van der Waals surface area contributed by atoms with E-state index in [4.69, 9.17) is 5.73 Å². The third kappa shape index (κ3) is 2.90. The van der Waals surface area contributed by atoms with E-state index in [0.29, 0.717) is 11.1 Å². The average molecular weight is 236 g/mol. The van der Waals surface area contributed by atoms with Crippen molar-refractivity contribution in [3.8, 4) is 0 Å². The molecule has 1 saturated heterocycles. The number of nitrogens with two attached hydrogens (primary N) is 1. The molecular weight excluding hydrogens is 215 g/mol. The molecule has 0 unspecified atom stereocenters. The zero-order chi connectivity index (χ0) is 12.5. The van der Waals surface area contributed by atoms with Crippen LogP contribution in [0.2, 0.25) is 0 Å². The molecule has 1 aliphatic rings. The fraction of sp³-hybridized carbons (Fsp3) is 0.571. The van der Waals surface area contributed by atoms with E-state index in [0.717, 1.165) is 31.6 Å². The van der Waals surface area contributed by atoms with E-state index in [1.807, 2.05) is 0 Å². The van der Waals surface area contributed by atoms with Gasteiger partial charge in [-0.05, 0) is 42.9 Å². The fourth-order valence-electron chi connectivity index (χ4n) is 2.45. The number of hydrogen-bond acceptors (Lipinski definition) is 2. The number of nitrogens with zero attached hydrogens (tertiary/aromatic N) is 1. The van der Waals surface area contributed by atoms with Gasteiger partial charge >= 0.3 is 0 Å². The van der Waals surface area contributed by atoms with Crippen LogP contribution in [0.5, 0.6) is 0 Å². The van der Waals surface area contributed by atoms with Crippen molar-refractivity contribution in [1.82, 2.24) is 0 Å². The lowest BCUT2D eigenvalue weighted by Gasteiger charge is -2.26. The molecule has 0 aromatic heterocycles. The van der Waals surface area contributed by atoms with Gasteiger partial charge in [0.25, 0.3) is 0 Å². The maximum absolute atomic E-state index is 13.3.